The maximum absolute atomic E-state index is 9.08. The van der Waals surface area contributed by atoms with Crippen molar-refractivity contribution in [2.45, 2.75) is 32.8 Å². The van der Waals surface area contributed by atoms with Crippen LogP contribution in [0.15, 0.2) is 18.3 Å². The molecule has 1 heterocycles. The number of aromatic nitrogens is 1. The Bertz CT molecular complexity index is 245. The molecule has 0 aliphatic heterocycles. The Balaban J connectivity index is 2.57. The number of aliphatic hydroxyl groups is 1. The molecule has 1 rings (SSSR count). The van der Waals surface area contributed by atoms with Gasteiger partial charge in [0.2, 0.25) is 0 Å². The first kappa shape index (κ1) is 9.20. The van der Waals surface area contributed by atoms with E-state index in [4.69, 9.17) is 5.11 Å². The summed E-state index contributed by atoms with van der Waals surface area (Å²) in [6.07, 6.45) is 3.30. The third kappa shape index (κ3) is 2.62. The number of hydrogen-bond donors (Lipinski definition) is 1. The second-order valence-corrected chi connectivity index (χ2v) is 3.14. The zero-order valence-electron chi connectivity index (χ0n) is 7.62. The van der Waals surface area contributed by atoms with E-state index in [-0.39, 0.29) is 6.10 Å². The fraction of sp³-hybridized carbons (Fsp3) is 0.500. The topological polar surface area (TPSA) is 33.1 Å². The van der Waals surface area contributed by atoms with Crippen molar-refractivity contribution in [3.8, 4) is 0 Å². The maximum Gasteiger partial charge on any atom is 0.0515 e. The molecule has 0 aromatic carbocycles. The Morgan fingerprint density at radius 1 is 1.58 bits per heavy atom. The highest BCUT2D eigenvalue weighted by Crippen LogP contribution is 2.07. The Morgan fingerprint density at radius 2 is 2.33 bits per heavy atom. The molecular weight excluding hydrogens is 150 g/mol. The van der Waals surface area contributed by atoms with Crippen molar-refractivity contribution in [3.05, 3.63) is 29.6 Å². The van der Waals surface area contributed by atoms with Gasteiger partial charge in [-0.3, -0.25) is 4.98 Å². The Morgan fingerprint density at radius 3 is 2.92 bits per heavy atom. The van der Waals surface area contributed by atoms with Crippen LogP contribution in [0.3, 0.4) is 0 Å². The summed E-state index contributed by atoms with van der Waals surface area (Å²) in [7, 11) is 0. The number of pyridine rings is 1. The van der Waals surface area contributed by atoms with Crippen molar-refractivity contribution < 1.29 is 5.11 Å². The van der Waals surface area contributed by atoms with Crippen LogP contribution in [0.2, 0.25) is 0 Å². The van der Waals surface area contributed by atoms with E-state index in [9.17, 15) is 0 Å². The smallest absolute Gasteiger partial charge is 0.0515 e. The lowest BCUT2D eigenvalue weighted by molar-refractivity contribution is 0.185. The third-order valence-corrected chi connectivity index (χ3v) is 1.95. The molecule has 1 aromatic rings. The molecule has 1 atom stereocenters. The molecule has 0 saturated heterocycles. The van der Waals surface area contributed by atoms with Crippen LogP contribution in [0, 0.1) is 6.92 Å². The predicted molar refractivity (Wildman–Crippen MR) is 49.0 cm³/mol. The lowest BCUT2D eigenvalue weighted by Crippen LogP contribution is -2.02. The minimum absolute atomic E-state index is 0.218. The number of hydrogen-bond acceptors (Lipinski definition) is 2. The number of rotatable bonds is 3. The van der Waals surface area contributed by atoms with E-state index in [2.05, 4.69) is 11.1 Å². The van der Waals surface area contributed by atoms with E-state index in [1.165, 1.54) is 5.56 Å². The quantitative estimate of drug-likeness (QED) is 0.739. The summed E-state index contributed by atoms with van der Waals surface area (Å²) in [6, 6.07) is 4.00. The van der Waals surface area contributed by atoms with Crippen LogP contribution in [0.25, 0.3) is 0 Å². The Hall–Kier alpha value is -0.890. The predicted octanol–water partition coefficient (Wildman–Crippen LogP) is 1.70. The number of aryl methyl sites for hydroxylation is 2. The fourth-order valence-electron chi connectivity index (χ4n) is 1.15. The third-order valence-electron chi connectivity index (χ3n) is 1.95. The zero-order chi connectivity index (χ0) is 8.97. The van der Waals surface area contributed by atoms with Gasteiger partial charge in [-0.2, -0.15) is 0 Å². The maximum atomic E-state index is 9.08. The normalized spacial score (nSPS) is 12.9. The summed E-state index contributed by atoms with van der Waals surface area (Å²) in [6.45, 7) is 3.81. The van der Waals surface area contributed by atoms with Gasteiger partial charge in [0.15, 0.2) is 0 Å². The highest BCUT2D eigenvalue weighted by Gasteiger charge is 2.00. The van der Waals surface area contributed by atoms with Crippen LogP contribution in [0.1, 0.15) is 24.6 Å². The minimum Gasteiger partial charge on any atom is -0.393 e. The van der Waals surface area contributed by atoms with Crippen LogP contribution < -0.4 is 0 Å². The molecule has 12 heavy (non-hydrogen) atoms. The van der Waals surface area contributed by atoms with Crippen LogP contribution >= 0.6 is 0 Å². The van der Waals surface area contributed by atoms with Gasteiger partial charge < -0.3 is 5.11 Å². The van der Waals surface area contributed by atoms with Gasteiger partial charge in [0.1, 0.15) is 0 Å². The molecule has 2 nitrogen and oxygen atoms in total. The van der Waals surface area contributed by atoms with Gasteiger partial charge >= 0.3 is 0 Å². The van der Waals surface area contributed by atoms with E-state index in [1.54, 1.807) is 6.20 Å². The average molecular weight is 165 g/mol. The first-order valence-electron chi connectivity index (χ1n) is 4.28. The molecule has 0 amide bonds. The molecule has 1 unspecified atom stereocenters. The van der Waals surface area contributed by atoms with Crippen molar-refractivity contribution in [1.82, 2.24) is 4.98 Å². The molecule has 1 N–H and O–H groups in total. The molecule has 0 aliphatic rings. The Labute approximate surface area is 73.3 Å². The largest absolute Gasteiger partial charge is 0.393 e. The van der Waals surface area contributed by atoms with E-state index in [1.807, 2.05) is 19.9 Å². The number of nitrogens with zero attached hydrogens (tertiary/aromatic N) is 1. The standard InChI is InChI=1S/C10H15NO/c1-8(12)5-6-10-4-3-7-11-9(10)2/h3-4,7-8,12H,5-6H2,1-2H3. The molecule has 0 saturated carbocycles. The molecule has 66 valence electrons. The summed E-state index contributed by atoms with van der Waals surface area (Å²) < 4.78 is 0. The number of aliphatic hydroxyl groups excluding tert-OH is 1. The molecule has 0 aliphatic carbocycles. The van der Waals surface area contributed by atoms with Gasteiger partial charge in [-0.1, -0.05) is 6.07 Å². The first-order chi connectivity index (χ1) is 5.70. The van der Waals surface area contributed by atoms with Gasteiger partial charge in [-0.25, -0.2) is 0 Å². The molecule has 0 bridgehead atoms. The Kier molecular flexibility index (Phi) is 3.23. The van der Waals surface area contributed by atoms with E-state index in [0.29, 0.717) is 0 Å². The van der Waals surface area contributed by atoms with Gasteiger partial charge in [0, 0.05) is 11.9 Å². The molecular formula is C10H15NO. The molecule has 2 heteroatoms. The summed E-state index contributed by atoms with van der Waals surface area (Å²) >= 11 is 0. The fourth-order valence-corrected chi connectivity index (χ4v) is 1.15. The van der Waals surface area contributed by atoms with Gasteiger partial charge in [0.25, 0.3) is 0 Å². The molecule has 0 radical (unpaired) electrons. The minimum atomic E-state index is -0.218. The van der Waals surface area contributed by atoms with Crippen molar-refractivity contribution >= 4 is 0 Å². The van der Waals surface area contributed by atoms with E-state index < -0.39 is 0 Å². The lowest BCUT2D eigenvalue weighted by atomic mass is 10.1. The second-order valence-electron chi connectivity index (χ2n) is 3.14. The SMILES string of the molecule is Cc1ncccc1CCC(C)O. The first-order valence-corrected chi connectivity index (χ1v) is 4.28. The summed E-state index contributed by atoms with van der Waals surface area (Å²) in [5, 5.41) is 9.08. The van der Waals surface area contributed by atoms with Gasteiger partial charge in [-0.05, 0) is 38.3 Å². The highest BCUT2D eigenvalue weighted by atomic mass is 16.3. The van der Waals surface area contributed by atoms with Gasteiger partial charge in [0.05, 0.1) is 6.10 Å². The molecule has 0 spiro atoms. The summed E-state index contributed by atoms with van der Waals surface area (Å²) in [5.41, 5.74) is 2.30. The van der Waals surface area contributed by atoms with Gasteiger partial charge in [-0.15, -0.1) is 0 Å². The highest BCUT2D eigenvalue weighted by molar-refractivity contribution is 5.18. The van der Waals surface area contributed by atoms with Crippen molar-refractivity contribution in [1.29, 1.82) is 0 Å². The monoisotopic (exact) mass is 165 g/mol. The summed E-state index contributed by atoms with van der Waals surface area (Å²) in [4.78, 5) is 4.18. The van der Waals surface area contributed by atoms with Crippen LogP contribution in [-0.2, 0) is 6.42 Å². The molecule has 0 fully saturated rings. The summed E-state index contributed by atoms with van der Waals surface area (Å²) in [5.74, 6) is 0. The van der Waals surface area contributed by atoms with Crippen molar-refractivity contribution in [2.24, 2.45) is 0 Å². The van der Waals surface area contributed by atoms with Crippen LogP contribution in [0.5, 0.6) is 0 Å². The molecule has 1 aromatic heterocycles. The van der Waals surface area contributed by atoms with Crippen molar-refractivity contribution in [3.63, 3.8) is 0 Å². The lowest BCUT2D eigenvalue weighted by Gasteiger charge is -2.05. The van der Waals surface area contributed by atoms with Crippen molar-refractivity contribution in [2.75, 3.05) is 0 Å². The van der Waals surface area contributed by atoms with E-state index >= 15 is 0 Å². The van der Waals surface area contributed by atoms with Crippen LogP contribution in [-0.4, -0.2) is 16.2 Å². The second kappa shape index (κ2) is 4.21. The average Bonchev–Trinajstić information content (AvgIpc) is 2.03. The van der Waals surface area contributed by atoms with Crippen LogP contribution in [0.4, 0.5) is 0 Å². The van der Waals surface area contributed by atoms with E-state index in [0.717, 1.165) is 18.5 Å². The zero-order valence-corrected chi connectivity index (χ0v) is 7.62.